The van der Waals surface area contributed by atoms with E-state index in [4.69, 9.17) is 14.2 Å². The maximum absolute atomic E-state index is 12.8. The molecule has 1 unspecified atom stereocenters. The fourth-order valence-electron chi connectivity index (χ4n) is 3.23. The smallest absolute Gasteiger partial charge is 0.410 e. The highest BCUT2D eigenvalue weighted by atomic mass is 79.9. The van der Waals surface area contributed by atoms with E-state index in [2.05, 4.69) is 31.9 Å². The molecule has 1 aliphatic heterocycles. The second-order valence-electron chi connectivity index (χ2n) is 7.42. The lowest BCUT2D eigenvalue weighted by atomic mass is 9.89. The van der Waals surface area contributed by atoms with Crippen molar-refractivity contribution in [1.29, 1.82) is 0 Å². The van der Waals surface area contributed by atoms with Gasteiger partial charge in [-0.2, -0.15) is 0 Å². The summed E-state index contributed by atoms with van der Waals surface area (Å²) < 4.78 is 17.5. The Bertz CT molecular complexity index is 709. The van der Waals surface area contributed by atoms with Crippen LogP contribution in [0, 0.1) is 0 Å². The fourth-order valence-corrected chi connectivity index (χ4v) is 3.69. The van der Waals surface area contributed by atoms with Crippen molar-refractivity contribution in [1.82, 2.24) is 4.90 Å². The Kier molecular flexibility index (Phi) is 7.63. The van der Waals surface area contributed by atoms with Crippen molar-refractivity contribution in [2.75, 3.05) is 20.8 Å². The van der Waals surface area contributed by atoms with E-state index in [-0.39, 0.29) is 12.1 Å². The monoisotopic (exact) mass is 503 g/mol. The topological polar surface area (TPSA) is 48.0 Å². The summed E-state index contributed by atoms with van der Waals surface area (Å²) in [5.41, 5.74) is 1.74. The van der Waals surface area contributed by atoms with Crippen molar-refractivity contribution >= 4 is 38.0 Å². The molecular formula is C20H27Br2NO4. The molecule has 7 heteroatoms. The quantitative estimate of drug-likeness (QED) is 0.497. The van der Waals surface area contributed by atoms with Gasteiger partial charge in [-0.1, -0.05) is 6.08 Å². The molecule has 2 rings (SSSR count). The molecule has 1 atom stereocenters. The van der Waals surface area contributed by atoms with Crippen LogP contribution in [0.5, 0.6) is 11.5 Å². The van der Waals surface area contributed by atoms with Crippen LogP contribution in [0.1, 0.15) is 50.8 Å². The molecule has 0 N–H and O–H groups in total. The Morgan fingerprint density at radius 1 is 1.22 bits per heavy atom. The molecule has 1 aliphatic rings. The van der Waals surface area contributed by atoms with Crippen molar-refractivity contribution < 1.29 is 19.0 Å². The van der Waals surface area contributed by atoms with E-state index in [1.165, 1.54) is 5.56 Å². The van der Waals surface area contributed by atoms with Crippen molar-refractivity contribution in [3.63, 3.8) is 0 Å². The first-order valence-corrected chi connectivity index (χ1v) is 10.5. The minimum absolute atomic E-state index is 0.0843. The van der Waals surface area contributed by atoms with Gasteiger partial charge in [0, 0.05) is 6.54 Å². The van der Waals surface area contributed by atoms with Crippen LogP contribution in [0.25, 0.3) is 0 Å². The Morgan fingerprint density at radius 3 is 2.41 bits per heavy atom. The van der Waals surface area contributed by atoms with Crippen LogP contribution in [0.2, 0.25) is 0 Å². The summed E-state index contributed by atoms with van der Waals surface area (Å²) in [6.07, 6.45) is 4.10. The van der Waals surface area contributed by atoms with Crippen LogP contribution < -0.4 is 9.47 Å². The molecule has 0 aliphatic carbocycles. The number of nitrogens with zero attached hydrogens (tertiary/aromatic N) is 1. The standard InChI is InChI=1S/C20H27Br2NO4/c1-20(2,3)27-19(24)23-10-9-13-11-16(25-4)17(26-5)12-14(13)15(23)7-6-8-18(21)22/h8,11-12,15H,6-7,9-10H2,1-5H3. The molecule has 0 bridgehead atoms. The van der Waals surface area contributed by atoms with Crippen LogP contribution in [0.4, 0.5) is 4.79 Å². The van der Waals surface area contributed by atoms with E-state index in [0.717, 1.165) is 28.2 Å². The first kappa shape index (κ1) is 22.1. The first-order valence-electron chi connectivity index (χ1n) is 8.92. The van der Waals surface area contributed by atoms with Gasteiger partial charge in [-0.05, 0) is 95.2 Å². The molecule has 1 amide bonds. The largest absolute Gasteiger partial charge is 0.493 e. The highest BCUT2D eigenvalue weighted by molar-refractivity contribution is 9.28. The van der Waals surface area contributed by atoms with Gasteiger partial charge >= 0.3 is 6.09 Å². The third-order valence-electron chi connectivity index (χ3n) is 4.37. The van der Waals surface area contributed by atoms with E-state index in [0.29, 0.717) is 18.0 Å². The zero-order chi connectivity index (χ0) is 20.2. The van der Waals surface area contributed by atoms with Crippen LogP contribution in [0.3, 0.4) is 0 Å². The van der Waals surface area contributed by atoms with Crippen LogP contribution in [-0.2, 0) is 11.2 Å². The summed E-state index contributed by atoms with van der Waals surface area (Å²) in [5, 5.41) is 0. The molecule has 0 saturated carbocycles. The van der Waals surface area contributed by atoms with Gasteiger partial charge in [-0.25, -0.2) is 4.79 Å². The third-order valence-corrected chi connectivity index (χ3v) is 5.02. The summed E-state index contributed by atoms with van der Waals surface area (Å²) in [6, 6.07) is 3.92. The number of amides is 1. The van der Waals surface area contributed by atoms with Gasteiger partial charge in [0.15, 0.2) is 11.5 Å². The van der Waals surface area contributed by atoms with Crippen molar-refractivity contribution in [3.05, 3.63) is 32.7 Å². The van der Waals surface area contributed by atoms with Crippen LogP contribution in [0.15, 0.2) is 21.6 Å². The number of carbonyl (C=O) groups is 1. The number of hydrogen-bond acceptors (Lipinski definition) is 4. The van der Waals surface area contributed by atoms with Gasteiger partial charge in [0.25, 0.3) is 0 Å². The molecule has 0 fully saturated rings. The molecular weight excluding hydrogens is 478 g/mol. The number of hydrogen-bond donors (Lipinski definition) is 0. The number of fused-ring (bicyclic) bond motifs is 1. The number of ether oxygens (including phenoxy) is 3. The number of rotatable bonds is 5. The minimum Gasteiger partial charge on any atom is -0.493 e. The van der Waals surface area contributed by atoms with Crippen LogP contribution in [-0.4, -0.2) is 37.4 Å². The maximum Gasteiger partial charge on any atom is 0.410 e. The SMILES string of the molecule is COc1cc2c(cc1OC)C(CCC=C(Br)Br)N(C(=O)OC(C)(C)C)CC2. The fraction of sp³-hybridized carbons (Fsp3) is 0.550. The average molecular weight is 505 g/mol. The Hall–Kier alpha value is -1.21. The van der Waals surface area contributed by atoms with Crippen molar-refractivity contribution in [3.8, 4) is 11.5 Å². The minimum atomic E-state index is -0.529. The zero-order valence-electron chi connectivity index (χ0n) is 16.5. The van der Waals surface area contributed by atoms with Crippen LogP contribution >= 0.6 is 31.9 Å². The molecule has 1 aromatic rings. The molecule has 150 valence electrons. The summed E-state index contributed by atoms with van der Waals surface area (Å²) in [5.74, 6) is 1.38. The number of halogens is 2. The van der Waals surface area contributed by atoms with Gasteiger partial charge < -0.3 is 19.1 Å². The van der Waals surface area contributed by atoms with Crippen molar-refractivity contribution in [2.24, 2.45) is 0 Å². The second kappa shape index (κ2) is 9.32. The predicted molar refractivity (Wildman–Crippen MR) is 114 cm³/mol. The van der Waals surface area contributed by atoms with Crippen molar-refractivity contribution in [2.45, 2.75) is 51.7 Å². The van der Waals surface area contributed by atoms with Gasteiger partial charge in [0.1, 0.15) is 5.60 Å². The maximum atomic E-state index is 12.8. The van der Waals surface area contributed by atoms with Gasteiger partial charge in [-0.15, -0.1) is 0 Å². The number of allylic oxidation sites excluding steroid dienone is 1. The summed E-state index contributed by atoms with van der Waals surface area (Å²) >= 11 is 6.79. The Labute approximate surface area is 178 Å². The van der Waals surface area contributed by atoms with E-state index < -0.39 is 5.60 Å². The predicted octanol–water partition coefficient (Wildman–Crippen LogP) is 5.95. The molecule has 5 nitrogen and oxygen atoms in total. The average Bonchev–Trinajstić information content (AvgIpc) is 2.58. The lowest BCUT2D eigenvalue weighted by molar-refractivity contribution is 0.0133. The highest BCUT2D eigenvalue weighted by Gasteiger charge is 2.34. The molecule has 0 aromatic heterocycles. The van der Waals surface area contributed by atoms with E-state index in [9.17, 15) is 4.79 Å². The number of carbonyl (C=O) groups excluding carboxylic acids is 1. The number of benzene rings is 1. The molecule has 0 saturated heterocycles. The van der Waals surface area contributed by atoms with Gasteiger partial charge in [-0.3, -0.25) is 0 Å². The first-order chi connectivity index (χ1) is 12.7. The molecule has 0 radical (unpaired) electrons. The highest BCUT2D eigenvalue weighted by Crippen LogP contribution is 2.40. The van der Waals surface area contributed by atoms with E-state index >= 15 is 0 Å². The van der Waals surface area contributed by atoms with E-state index in [1.54, 1.807) is 14.2 Å². The lowest BCUT2D eigenvalue weighted by Crippen LogP contribution is -2.43. The summed E-state index contributed by atoms with van der Waals surface area (Å²) in [7, 11) is 3.26. The summed E-state index contributed by atoms with van der Waals surface area (Å²) in [6.45, 7) is 6.27. The van der Waals surface area contributed by atoms with Gasteiger partial charge in [0.05, 0.1) is 23.7 Å². The lowest BCUT2D eigenvalue weighted by Gasteiger charge is -2.38. The zero-order valence-corrected chi connectivity index (χ0v) is 19.6. The van der Waals surface area contributed by atoms with Gasteiger partial charge in [0.2, 0.25) is 0 Å². The number of methoxy groups -OCH3 is 2. The molecule has 1 heterocycles. The Balaban J connectivity index is 2.40. The third kappa shape index (κ3) is 5.88. The van der Waals surface area contributed by atoms with E-state index in [1.807, 2.05) is 43.9 Å². The molecule has 27 heavy (non-hydrogen) atoms. The molecule has 1 aromatic carbocycles. The Morgan fingerprint density at radius 2 is 1.85 bits per heavy atom. The molecule has 0 spiro atoms. The normalized spacial score (nSPS) is 16.4. The summed E-state index contributed by atoms with van der Waals surface area (Å²) in [4.78, 5) is 14.7. The second-order valence-corrected chi connectivity index (χ2v) is 10.2.